The molecule has 0 aliphatic rings. The number of para-hydroxylation sites is 1. The van der Waals surface area contributed by atoms with Crippen LogP contribution in [0.2, 0.25) is 0 Å². The third-order valence-corrected chi connectivity index (χ3v) is 4.39. The van der Waals surface area contributed by atoms with Crippen LogP contribution in [0.15, 0.2) is 35.8 Å². The van der Waals surface area contributed by atoms with Crippen molar-refractivity contribution in [2.45, 2.75) is 18.7 Å². The van der Waals surface area contributed by atoms with Gasteiger partial charge in [-0.15, -0.1) is 11.3 Å². The Hall–Kier alpha value is -1.86. The standard InChI is InChI=1S/C14H11F3N2OS/c1-8-7-21-12(19-8)13(20,14(15,16)17)10-6-18-11-5-3-2-4-9(10)11/h2-7,18,20H,1H3/t13-/m1/s1. The van der Waals surface area contributed by atoms with Crippen molar-refractivity contribution in [2.24, 2.45) is 0 Å². The summed E-state index contributed by atoms with van der Waals surface area (Å²) in [5, 5.41) is 11.9. The number of hydrogen-bond acceptors (Lipinski definition) is 3. The number of aromatic nitrogens is 2. The van der Waals surface area contributed by atoms with Gasteiger partial charge in [0.05, 0.1) is 0 Å². The minimum atomic E-state index is -4.87. The van der Waals surface area contributed by atoms with E-state index in [9.17, 15) is 18.3 Å². The lowest BCUT2D eigenvalue weighted by Gasteiger charge is -2.28. The zero-order chi connectivity index (χ0) is 15.3. The molecule has 21 heavy (non-hydrogen) atoms. The molecule has 7 heteroatoms. The summed E-state index contributed by atoms with van der Waals surface area (Å²) in [6, 6.07) is 6.54. The lowest BCUT2D eigenvalue weighted by Crippen LogP contribution is -2.43. The number of aliphatic hydroxyl groups is 1. The molecule has 0 aliphatic heterocycles. The average Bonchev–Trinajstić information content (AvgIpc) is 3.03. The van der Waals surface area contributed by atoms with Crippen LogP contribution in [-0.4, -0.2) is 21.3 Å². The van der Waals surface area contributed by atoms with Gasteiger partial charge in [0, 0.05) is 33.7 Å². The van der Waals surface area contributed by atoms with Gasteiger partial charge in [-0.3, -0.25) is 0 Å². The van der Waals surface area contributed by atoms with E-state index >= 15 is 0 Å². The number of fused-ring (bicyclic) bond motifs is 1. The number of alkyl halides is 3. The number of thiazole rings is 1. The first-order valence-electron chi connectivity index (χ1n) is 6.12. The minimum Gasteiger partial charge on any atom is -0.370 e. The highest BCUT2D eigenvalue weighted by atomic mass is 32.1. The Morgan fingerprint density at radius 3 is 2.57 bits per heavy atom. The summed E-state index contributed by atoms with van der Waals surface area (Å²) in [6.45, 7) is 1.59. The van der Waals surface area contributed by atoms with Crippen molar-refractivity contribution in [1.29, 1.82) is 0 Å². The molecule has 0 aliphatic carbocycles. The Balaban J connectivity index is 2.31. The molecule has 0 amide bonds. The van der Waals surface area contributed by atoms with Crippen LogP contribution in [-0.2, 0) is 5.60 Å². The molecule has 3 aromatic rings. The van der Waals surface area contributed by atoms with Crippen LogP contribution in [0.4, 0.5) is 13.2 Å². The number of nitrogens with one attached hydrogen (secondary N) is 1. The van der Waals surface area contributed by atoms with Crippen LogP contribution >= 0.6 is 11.3 Å². The van der Waals surface area contributed by atoms with Gasteiger partial charge in [-0.2, -0.15) is 13.2 Å². The number of nitrogens with zero attached hydrogens (tertiary/aromatic N) is 1. The molecule has 2 heterocycles. The first-order valence-corrected chi connectivity index (χ1v) is 7.00. The molecule has 3 rings (SSSR count). The Morgan fingerprint density at radius 1 is 1.24 bits per heavy atom. The number of benzene rings is 1. The number of aromatic amines is 1. The van der Waals surface area contributed by atoms with E-state index < -0.39 is 11.8 Å². The number of hydrogen-bond donors (Lipinski definition) is 2. The largest absolute Gasteiger partial charge is 0.428 e. The zero-order valence-corrected chi connectivity index (χ0v) is 11.7. The summed E-state index contributed by atoms with van der Waals surface area (Å²) in [4.78, 5) is 6.61. The summed E-state index contributed by atoms with van der Waals surface area (Å²) >= 11 is 0.795. The predicted octanol–water partition coefficient (Wildman–Crippen LogP) is 3.73. The molecule has 0 fully saturated rings. The van der Waals surface area contributed by atoms with Crippen LogP contribution in [0.25, 0.3) is 10.9 Å². The first-order chi connectivity index (χ1) is 9.84. The summed E-state index contributed by atoms with van der Waals surface area (Å²) in [5.74, 6) is 0. The SMILES string of the molecule is Cc1csc([C@](O)(c2c[nH]c3ccccc23)C(F)(F)F)n1. The average molecular weight is 312 g/mol. The van der Waals surface area contributed by atoms with E-state index in [0.29, 0.717) is 16.6 Å². The minimum absolute atomic E-state index is 0.236. The molecule has 0 saturated heterocycles. The van der Waals surface area contributed by atoms with Crippen molar-refractivity contribution in [1.82, 2.24) is 9.97 Å². The maximum absolute atomic E-state index is 13.6. The van der Waals surface area contributed by atoms with Gasteiger partial charge < -0.3 is 10.1 Å². The predicted molar refractivity (Wildman–Crippen MR) is 74.2 cm³/mol. The highest BCUT2D eigenvalue weighted by molar-refractivity contribution is 7.09. The van der Waals surface area contributed by atoms with Crippen LogP contribution in [0, 0.1) is 6.92 Å². The van der Waals surface area contributed by atoms with Crippen molar-refractivity contribution in [2.75, 3.05) is 0 Å². The van der Waals surface area contributed by atoms with Gasteiger partial charge in [-0.05, 0) is 13.0 Å². The smallest absolute Gasteiger partial charge is 0.370 e. The summed E-state index contributed by atoms with van der Waals surface area (Å²) in [7, 11) is 0. The fraction of sp³-hybridized carbons (Fsp3) is 0.214. The summed E-state index contributed by atoms with van der Waals surface area (Å²) in [5.41, 5.74) is -2.38. The van der Waals surface area contributed by atoms with E-state index in [4.69, 9.17) is 0 Å². The van der Waals surface area contributed by atoms with Crippen molar-refractivity contribution in [3.05, 3.63) is 52.1 Å². The molecule has 2 N–H and O–H groups in total. The fourth-order valence-corrected chi connectivity index (χ4v) is 3.21. The molecule has 0 saturated carbocycles. The summed E-state index contributed by atoms with van der Waals surface area (Å²) < 4.78 is 40.8. The van der Waals surface area contributed by atoms with Crippen LogP contribution in [0.1, 0.15) is 16.3 Å². The van der Waals surface area contributed by atoms with Gasteiger partial charge in [0.2, 0.25) is 5.60 Å². The number of halogens is 3. The molecule has 1 aromatic carbocycles. The number of rotatable bonds is 2. The Kier molecular flexibility index (Phi) is 3.07. The zero-order valence-electron chi connectivity index (χ0n) is 10.9. The van der Waals surface area contributed by atoms with E-state index in [0.717, 1.165) is 11.3 Å². The van der Waals surface area contributed by atoms with Gasteiger partial charge in [0.1, 0.15) is 5.01 Å². The number of H-pyrrole nitrogens is 1. The second-order valence-corrected chi connectivity index (χ2v) is 5.61. The quantitative estimate of drug-likeness (QED) is 0.757. The molecular weight excluding hydrogens is 301 g/mol. The maximum Gasteiger partial charge on any atom is 0.428 e. The van der Waals surface area contributed by atoms with Crippen LogP contribution in [0.3, 0.4) is 0 Å². The van der Waals surface area contributed by atoms with Crippen molar-refractivity contribution >= 4 is 22.2 Å². The molecule has 0 unspecified atom stereocenters. The monoisotopic (exact) mass is 312 g/mol. The van der Waals surface area contributed by atoms with Crippen molar-refractivity contribution < 1.29 is 18.3 Å². The van der Waals surface area contributed by atoms with Gasteiger partial charge in [-0.25, -0.2) is 4.98 Å². The third kappa shape index (κ3) is 2.04. The summed E-state index contributed by atoms with van der Waals surface area (Å²) in [6.07, 6.45) is -3.68. The molecule has 1 atom stereocenters. The van der Waals surface area contributed by atoms with Crippen molar-refractivity contribution in [3.63, 3.8) is 0 Å². The second kappa shape index (κ2) is 4.57. The molecule has 2 aromatic heterocycles. The van der Waals surface area contributed by atoms with Gasteiger partial charge >= 0.3 is 6.18 Å². The van der Waals surface area contributed by atoms with Gasteiger partial charge in [0.25, 0.3) is 0 Å². The topological polar surface area (TPSA) is 48.9 Å². The first kappa shape index (κ1) is 14.1. The second-order valence-electron chi connectivity index (χ2n) is 4.75. The van der Waals surface area contributed by atoms with E-state index in [1.54, 1.807) is 31.2 Å². The maximum atomic E-state index is 13.6. The van der Waals surface area contributed by atoms with E-state index in [1.807, 2.05) is 0 Å². The van der Waals surface area contributed by atoms with Crippen LogP contribution < -0.4 is 0 Å². The van der Waals surface area contributed by atoms with Crippen LogP contribution in [0.5, 0.6) is 0 Å². The molecule has 110 valence electrons. The van der Waals surface area contributed by atoms with Crippen molar-refractivity contribution in [3.8, 4) is 0 Å². The molecule has 3 nitrogen and oxygen atoms in total. The Morgan fingerprint density at radius 2 is 1.95 bits per heavy atom. The third-order valence-electron chi connectivity index (χ3n) is 3.32. The van der Waals surface area contributed by atoms with E-state index in [1.165, 1.54) is 11.6 Å². The highest BCUT2D eigenvalue weighted by Crippen LogP contribution is 2.47. The van der Waals surface area contributed by atoms with E-state index in [-0.39, 0.29) is 10.6 Å². The fourth-order valence-electron chi connectivity index (χ4n) is 2.28. The lowest BCUT2D eigenvalue weighted by molar-refractivity contribution is -0.247. The molecule has 0 radical (unpaired) electrons. The Bertz CT molecular complexity index is 793. The number of aryl methyl sites for hydroxylation is 1. The van der Waals surface area contributed by atoms with E-state index in [2.05, 4.69) is 9.97 Å². The Labute approximate surface area is 122 Å². The molecule has 0 spiro atoms. The lowest BCUT2D eigenvalue weighted by atomic mass is 9.93. The highest BCUT2D eigenvalue weighted by Gasteiger charge is 2.59. The van der Waals surface area contributed by atoms with Gasteiger partial charge in [0.15, 0.2) is 0 Å². The van der Waals surface area contributed by atoms with Gasteiger partial charge in [-0.1, -0.05) is 18.2 Å². The molecular formula is C14H11F3N2OS. The normalized spacial score (nSPS) is 15.3. The molecule has 0 bridgehead atoms.